The normalized spacial score (nSPS) is 16.2. The van der Waals surface area contributed by atoms with Gasteiger partial charge in [0.1, 0.15) is 6.04 Å². The summed E-state index contributed by atoms with van der Waals surface area (Å²) in [5.41, 5.74) is 1.50. The third kappa shape index (κ3) is 3.16. The van der Waals surface area contributed by atoms with Gasteiger partial charge in [-0.15, -0.1) is 0 Å². The predicted octanol–water partition coefficient (Wildman–Crippen LogP) is 5.19. The van der Waals surface area contributed by atoms with Gasteiger partial charge in [0, 0.05) is 11.3 Å². The van der Waals surface area contributed by atoms with Gasteiger partial charge in [-0.2, -0.15) is 4.90 Å². The van der Waals surface area contributed by atoms with Crippen molar-refractivity contribution in [1.29, 1.82) is 0 Å². The molecule has 1 unspecified atom stereocenters. The third-order valence-corrected chi connectivity index (χ3v) is 5.46. The van der Waals surface area contributed by atoms with Crippen LogP contribution in [0.15, 0.2) is 103 Å². The molecule has 150 valence electrons. The zero-order chi connectivity index (χ0) is 21.4. The molecule has 0 bridgehead atoms. The van der Waals surface area contributed by atoms with Gasteiger partial charge in [-0.05, 0) is 40.6 Å². The summed E-state index contributed by atoms with van der Waals surface area (Å²) in [4.78, 5) is 42.3. The van der Waals surface area contributed by atoms with Gasteiger partial charge < -0.3 is 0 Å². The standard InChI is InChI=1S/C26H18N2O3/c29-24(21-16-15-18-9-7-8-12-20(18)17-21)28-25(30)23(19-10-3-1-4-11-19)27(26(28)31)22-13-5-2-6-14-22/h1-17,23H. The Kier molecular flexibility index (Phi) is 4.56. The highest BCUT2D eigenvalue weighted by Crippen LogP contribution is 2.36. The molecule has 1 fully saturated rings. The molecular formula is C26H18N2O3. The number of hydrogen-bond acceptors (Lipinski definition) is 3. The molecule has 1 aliphatic heterocycles. The van der Waals surface area contributed by atoms with Gasteiger partial charge >= 0.3 is 6.03 Å². The molecule has 0 N–H and O–H groups in total. The van der Waals surface area contributed by atoms with E-state index in [2.05, 4.69) is 0 Å². The van der Waals surface area contributed by atoms with Crippen molar-refractivity contribution < 1.29 is 14.4 Å². The number of fused-ring (bicyclic) bond motifs is 1. The van der Waals surface area contributed by atoms with Crippen molar-refractivity contribution in [3.05, 3.63) is 114 Å². The summed E-state index contributed by atoms with van der Waals surface area (Å²) in [6, 6.07) is 29.2. The van der Waals surface area contributed by atoms with Crippen LogP contribution in [0.5, 0.6) is 0 Å². The van der Waals surface area contributed by atoms with Gasteiger partial charge in [-0.3, -0.25) is 14.5 Å². The molecule has 1 saturated heterocycles. The van der Waals surface area contributed by atoms with E-state index < -0.39 is 23.9 Å². The van der Waals surface area contributed by atoms with E-state index in [9.17, 15) is 14.4 Å². The number of urea groups is 1. The molecule has 4 aromatic rings. The Hall–Kier alpha value is -4.25. The van der Waals surface area contributed by atoms with Crippen LogP contribution in [0.2, 0.25) is 0 Å². The largest absolute Gasteiger partial charge is 0.339 e. The number of carbonyl (C=O) groups is 3. The van der Waals surface area contributed by atoms with Crippen LogP contribution in [0, 0.1) is 0 Å². The fourth-order valence-corrected chi connectivity index (χ4v) is 3.96. The molecule has 4 amide bonds. The molecule has 5 nitrogen and oxygen atoms in total. The van der Waals surface area contributed by atoms with Gasteiger partial charge in [-0.1, -0.05) is 78.9 Å². The van der Waals surface area contributed by atoms with Gasteiger partial charge in [0.15, 0.2) is 0 Å². The summed E-state index contributed by atoms with van der Waals surface area (Å²) in [7, 11) is 0. The SMILES string of the molecule is O=C(c1ccc2ccccc2c1)N1C(=O)C(c2ccccc2)N(c2ccccc2)C1=O. The minimum Gasteiger partial charge on any atom is -0.277 e. The topological polar surface area (TPSA) is 57.7 Å². The third-order valence-electron chi connectivity index (χ3n) is 5.46. The summed E-state index contributed by atoms with van der Waals surface area (Å²) >= 11 is 0. The summed E-state index contributed by atoms with van der Waals surface area (Å²) in [6.07, 6.45) is 0. The number of imide groups is 3. The Labute approximate surface area is 179 Å². The molecule has 1 heterocycles. The van der Waals surface area contributed by atoms with E-state index in [0.717, 1.165) is 15.7 Å². The van der Waals surface area contributed by atoms with Gasteiger partial charge in [0.2, 0.25) is 0 Å². The van der Waals surface area contributed by atoms with E-state index in [1.165, 1.54) is 4.90 Å². The molecule has 1 aliphatic rings. The smallest absolute Gasteiger partial charge is 0.277 e. The van der Waals surface area contributed by atoms with Crippen LogP contribution >= 0.6 is 0 Å². The van der Waals surface area contributed by atoms with E-state index in [-0.39, 0.29) is 0 Å². The lowest BCUT2D eigenvalue weighted by atomic mass is 10.0. The van der Waals surface area contributed by atoms with Crippen molar-refractivity contribution in [3.63, 3.8) is 0 Å². The van der Waals surface area contributed by atoms with Crippen LogP contribution < -0.4 is 4.90 Å². The number of anilines is 1. The van der Waals surface area contributed by atoms with Crippen LogP contribution in [-0.2, 0) is 4.79 Å². The van der Waals surface area contributed by atoms with Crippen LogP contribution in [0.1, 0.15) is 22.0 Å². The highest BCUT2D eigenvalue weighted by molar-refractivity contribution is 6.26. The minimum absolute atomic E-state index is 0.294. The summed E-state index contributed by atoms with van der Waals surface area (Å²) in [5, 5.41) is 1.85. The molecular weight excluding hydrogens is 388 g/mol. The average molecular weight is 406 g/mol. The average Bonchev–Trinajstić information content (AvgIpc) is 3.09. The Bertz CT molecular complexity index is 1240. The number of para-hydroxylation sites is 1. The van der Waals surface area contributed by atoms with Crippen molar-refractivity contribution in [2.75, 3.05) is 4.90 Å². The molecule has 0 aromatic heterocycles. The van der Waals surface area contributed by atoms with Crippen LogP contribution in [0.3, 0.4) is 0 Å². The maximum absolute atomic E-state index is 13.4. The van der Waals surface area contributed by atoms with Crippen LogP contribution in [0.4, 0.5) is 10.5 Å². The minimum atomic E-state index is -0.902. The number of hydrogen-bond donors (Lipinski definition) is 0. The molecule has 0 saturated carbocycles. The van der Waals surface area contributed by atoms with E-state index in [4.69, 9.17) is 0 Å². The van der Waals surface area contributed by atoms with Crippen molar-refractivity contribution in [3.8, 4) is 0 Å². The van der Waals surface area contributed by atoms with Crippen molar-refractivity contribution in [2.45, 2.75) is 6.04 Å². The molecule has 5 heteroatoms. The summed E-state index contributed by atoms with van der Waals surface area (Å²) in [6.45, 7) is 0. The molecule has 0 aliphatic carbocycles. The second-order valence-corrected chi connectivity index (χ2v) is 7.34. The summed E-state index contributed by atoms with van der Waals surface area (Å²) in [5.74, 6) is -1.18. The first kappa shape index (κ1) is 18.8. The number of benzene rings is 4. The second-order valence-electron chi connectivity index (χ2n) is 7.34. The fourth-order valence-electron chi connectivity index (χ4n) is 3.96. The lowest BCUT2D eigenvalue weighted by molar-refractivity contribution is -0.125. The quantitative estimate of drug-likeness (QED) is 0.348. The molecule has 0 spiro atoms. The predicted molar refractivity (Wildman–Crippen MR) is 119 cm³/mol. The van der Waals surface area contributed by atoms with Crippen molar-refractivity contribution >= 4 is 34.3 Å². The van der Waals surface area contributed by atoms with Gasteiger partial charge in [0.05, 0.1) is 0 Å². The van der Waals surface area contributed by atoms with E-state index >= 15 is 0 Å². The van der Waals surface area contributed by atoms with Crippen LogP contribution in [0.25, 0.3) is 10.8 Å². The molecule has 4 aromatic carbocycles. The fraction of sp³-hybridized carbons (Fsp3) is 0.0385. The number of carbonyl (C=O) groups excluding carboxylic acids is 3. The Morgan fingerprint density at radius 3 is 2.00 bits per heavy atom. The first-order valence-electron chi connectivity index (χ1n) is 9.95. The molecule has 1 atom stereocenters. The Balaban J connectivity index is 1.59. The molecule has 0 radical (unpaired) electrons. The van der Waals surface area contributed by atoms with Crippen LogP contribution in [-0.4, -0.2) is 22.7 Å². The maximum atomic E-state index is 13.4. The summed E-state index contributed by atoms with van der Waals surface area (Å²) < 4.78 is 0. The van der Waals surface area contributed by atoms with Gasteiger partial charge in [-0.25, -0.2) is 4.79 Å². The van der Waals surface area contributed by atoms with Crippen molar-refractivity contribution in [2.24, 2.45) is 0 Å². The maximum Gasteiger partial charge on any atom is 0.339 e. The van der Waals surface area contributed by atoms with Gasteiger partial charge in [0.25, 0.3) is 11.8 Å². The van der Waals surface area contributed by atoms with E-state index in [1.54, 1.807) is 48.5 Å². The lowest BCUT2D eigenvalue weighted by Crippen LogP contribution is -2.38. The molecule has 31 heavy (non-hydrogen) atoms. The highest BCUT2D eigenvalue weighted by atomic mass is 16.2. The monoisotopic (exact) mass is 406 g/mol. The van der Waals surface area contributed by atoms with E-state index in [1.807, 2.05) is 54.6 Å². The first-order chi connectivity index (χ1) is 15.1. The Morgan fingerprint density at radius 1 is 0.677 bits per heavy atom. The zero-order valence-corrected chi connectivity index (χ0v) is 16.5. The van der Waals surface area contributed by atoms with E-state index in [0.29, 0.717) is 16.8 Å². The number of amides is 4. The lowest BCUT2D eigenvalue weighted by Gasteiger charge is -2.22. The molecule has 5 rings (SSSR count). The second kappa shape index (κ2) is 7.54. The zero-order valence-electron chi connectivity index (χ0n) is 16.5. The number of rotatable bonds is 3. The van der Waals surface area contributed by atoms with Crippen molar-refractivity contribution in [1.82, 2.24) is 4.90 Å². The number of nitrogens with zero attached hydrogens (tertiary/aromatic N) is 2. The first-order valence-corrected chi connectivity index (χ1v) is 9.95. The Morgan fingerprint density at radius 2 is 1.29 bits per heavy atom. The highest BCUT2D eigenvalue weighted by Gasteiger charge is 2.49.